The molecule has 0 aromatic carbocycles. The maximum Gasteiger partial charge on any atom is 0.404 e. The number of aromatic nitrogens is 3. The zero-order valence-electron chi connectivity index (χ0n) is 14.7. The smallest absolute Gasteiger partial charge is 0.369 e. The Hall–Kier alpha value is -2.40. The van der Waals surface area contributed by atoms with E-state index in [0.717, 1.165) is 16.5 Å². The van der Waals surface area contributed by atoms with Crippen LogP contribution in [0.1, 0.15) is 12.8 Å². The maximum absolute atomic E-state index is 12.5. The number of alkyl halides is 3. The van der Waals surface area contributed by atoms with Gasteiger partial charge in [-0.1, -0.05) is 0 Å². The lowest BCUT2D eigenvalue weighted by Crippen LogP contribution is -2.49. The van der Waals surface area contributed by atoms with E-state index < -0.39 is 28.0 Å². The number of hydrogen-bond acceptors (Lipinski definition) is 5. The molecular weight excluding hydrogens is 395 g/mol. The van der Waals surface area contributed by atoms with E-state index in [1.807, 2.05) is 17.0 Å². The Morgan fingerprint density at radius 2 is 2.11 bits per heavy atom. The highest BCUT2D eigenvalue weighted by Crippen LogP contribution is 2.32. The van der Waals surface area contributed by atoms with Gasteiger partial charge in [0.2, 0.25) is 10.0 Å². The molecule has 4 rings (SSSR count). The van der Waals surface area contributed by atoms with E-state index in [0.29, 0.717) is 30.6 Å². The molecular formula is C17H18F3N5O2S. The molecule has 0 saturated carbocycles. The van der Waals surface area contributed by atoms with Crippen molar-refractivity contribution >= 4 is 37.6 Å². The van der Waals surface area contributed by atoms with Crippen LogP contribution in [-0.2, 0) is 10.0 Å². The number of piperidine rings is 1. The highest BCUT2D eigenvalue weighted by Gasteiger charge is 2.36. The first-order valence-corrected chi connectivity index (χ1v) is 10.4. The van der Waals surface area contributed by atoms with E-state index >= 15 is 0 Å². The fourth-order valence-corrected chi connectivity index (χ4v) is 4.92. The Kier molecular flexibility index (Phi) is 4.66. The number of aromatic amines is 1. The van der Waals surface area contributed by atoms with Gasteiger partial charge in [0.25, 0.3) is 0 Å². The molecule has 0 bridgehead atoms. The molecule has 1 fully saturated rings. The third kappa shape index (κ3) is 3.90. The van der Waals surface area contributed by atoms with Crippen molar-refractivity contribution in [1.29, 1.82) is 0 Å². The highest BCUT2D eigenvalue weighted by molar-refractivity contribution is 7.89. The average molecular weight is 413 g/mol. The number of rotatable bonds is 4. The maximum atomic E-state index is 12.5. The lowest BCUT2D eigenvalue weighted by Gasteiger charge is -2.35. The average Bonchev–Trinajstić information content (AvgIpc) is 3.07. The summed E-state index contributed by atoms with van der Waals surface area (Å²) in [5.41, 5.74) is 2.27. The Morgan fingerprint density at radius 1 is 1.29 bits per heavy atom. The third-order valence-corrected chi connectivity index (χ3v) is 6.13. The Bertz CT molecular complexity index is 1110. The van der Waals surface area contributed by atoms with E-state index in [-0.39, 0.29) is 6.54 Å². The first-order valence-electron chi connectivity index (χ1n) is 8.74. The number of sulfonamides is 1. The van der Waals surface area contributed by atoms with Crippen molar-refractivity contribution in [3.63, 3.8) is 0 Å². The standard InChI is InChI=1S/C17H18F3N5O2S/c18-17(19,20)10-28(26,27)24-11-2-1-7-25(9-11)14-4-6-21-13-8-23-16-12(15(13)14)3-5-22-16/h3-6,8,11,24H,1-2,7,9-10H2,(H,22,23). The molecule has 0 spiro atoms. The second-order valence-corrected chi connectivity index (χ2v) is 8.62. The van der Waals surface area contributed by atoms with Crippen LogP contribution in [0.25, 0.3) is 21.9 Å². The minimum absolute atomic E-state index is 0.282. The fraction of sp³-hybridized carbons (Fsp3) is 0.412. The summed E-state index contributed by atoms with van der Waals surface area (Å²) in [5, 5.41) is 1.77. The van der Waals surface area contributed by atoms with Gasteiger partial charge in [-0.05, 0) is 25.0 Å². The van der Waals surface area contributed by atoms with Gasteiger partial charge in [0.05, 0.1) is 11.7 Å². The van der Waals surface area contributed by atoms with Crippen LogP contribution >= 0.6 is 0 Å². The van der Waals surface area contributed by atoms with Gasteiger partial charge >= 0.3 is 6.18 Å². The van der Waals surface area contributed by atoms with Crippen LogP contribution in [0, 0.1) is 0 Å². The van der Waals surface area contributed by atoms with Gasteiger partial charge in [0.1, 0.15) is 5.65 Å². The van der Waals surface area contributed by atoms with Crippen LogP contribution in [0.3, 0.4) is 0 Å². The van der Waals surface area contributed by atoms with E-state index in [4.69, 9.17) is 0 Å². The van der Waals surface area contributed by atoms with Gasteiger partial charge in [0, 0.05) is 48.0 Å². The van der Waals surface area contributed by atoms with Crippen LogP contribution in [0.5, 0.6) is 0 Å². The quantitative estimate of drug-likeness (QED) is 0.686. The fourth-order valence-electron chi connectivity index (χ4n) is 3.70. The summed E-state index contributed by atoms with van der Waals surface area (Å²) in [6.45, 7) is 0.954. The topological polar surface area (TPSA) is 91.0 Å². The molecule has 2 N–H and O–H groups in total. The van der Waals surface area contributed by atoms with Crippen LogP contribution in [0.15, 0.2) is 30.7 Å². The molecule has 7 nitrogen and oxygen atoms in total. The second kappa shape index (κ2) is 6.89. The number of nitrogens with one attached hydrogen (secondary N) is 2. The van der Waals surface area contributed by atoms with Gasteiger partial charge in [0.15, 0.2) is 5.75 Å². The predicted octanol–water partition coefficient (Wildman–Crippen LogP) is 2.56. The van der Waals surface area contributed by atoms with Gasteiger partial charge < -0.3 is 9.88 Å². The SMILES string of the molecule is O=S(=O)(CC(F)(F)F)NC1CCCN(c2ccnc3cnc4[nH]ccc4c23)C1. The molecule has 4 heterocycles. The molecule has 1 unspecified atom stereocenters. The molecule has 11 heteroatoms. The molecule has 1 aliphatic heterocycles. The molecule has 3 aromatic heterocycles. The molecule has 0 aliphatic carbocycles. The van der Waals surface area contributed by atoms with Crippen LogP contribution in [0.4, 0.5) is 18.9 Å². The van der Waals surface area contributed by atoms with Crippen molar-refractivity contribution < 1.29 is 21.6 Å². The monoisotopic (exact) mass is 413 g/mol. The van der Waals surface area contributed by atoms with Gasteiger partial charge in [-0.3, -0.25) is 4.98 Å². The number of anilines is 1. The summed E-state index contributed by atoms with van der Waals surface area (Å²) in [7, 11) is -4.44. The summed E-state index contributed by atoms with van der Waals surface area (Å²) in [6, 6.07) is 3.14. The number of fused-ring (bicyclic) bond motifs is 3. The van der Waals surface area contributed by atoms with E-state index in [9.17, 15) is 21.6 Å². The van der Waals surface area contributed by atoms with Gasteiger partial charge in [-0.15, -0.1) is 0 Å². The summed E-state index contributed by atoms with van der Waals surface area (Å²) in [4.78, 5) is 13.7. The Balaban J connectivity index is 1.63. The zero-order valence-corrected chi connectivity index (χ0v) is 15.5. The molecule has 1 aliphatic rings. The molecule has 0 amide bonds. The number of pyridine rings is 2. The molecule has 28 heavy (non-hydrogen) atoms. The first-order chi connectivity index (χ1) is 13.2. The molecule has 3 aromatic rings. The number of halogens is 3. The Morgan fingerprint density at radius 3 is 2.89 bits per heavy atom. The predicted molar refractivity (Wildman–Crippen MR) is 99.6 cm³/mol. The van der Waals surface area contributed by atoms with Crippen molar-refractivity contribution in [2.75, 3.05) is 23.7 Å². The lowest BCUT2D eigenvalue weighted by atomic mass is 10.0. The molecule has 1 saturated heterocycles. The lowest BCUT2D eigenvalue weighted by molar-refractivity contribution is -0.106. The minimum atomic E-state index is -4.77. The largest absolute Gasteiger partial charge is 0.404 e. The van der Waals surface area contributed by atoms with Crippen molar-refractivity contribution in [3.05, 3.63) is 30.7 Å². The normalized spacial score (nSPS) is 18.8. The summed E-state index contributed by atoms with van der Waals surface area (Å²) < 4.78 is 63.4. The van der Waals surface area contributed by atoms with Crippen molar-refractivity contribution in [1.82, 2.24) is 19.7 Å². The van der Waals surface area contributed by atoms with E-state index in [1.165, 1.54) is 0 Å². The zero-order chi connectivity index (χ0) is 19.9. The summed E-state index contributed by atoms with van der Waals surface area (Å²) in [6.07, 6.45) is 1.45. The second-order valence-electron chi connectivity index (χ2n) is 6.87. The van der Waals surface area contributed by atoms with E-state index in [1.54, 1.807) is 18.6 Å². The van der Waals surface area contributed by atoms with Crippen LogP contribution < -0.4 is 9.62 Å². The third-order valence-electron chi connectivity index (χ3n) is 4.73. The van der Waals surface area contributed by atoms with Crippen LogP contribution in [0.2, 0.25) is 0 Å². The molecule has 1 atom stereocenters. The molecule has 150 valence electrons. The number of hydrogen-bond donors (Lipinski definition) is 2. The van der Waals surface area contributed by atoms with Gasteiger partial charge in [-0.25, -0.2) is 18.1 Å². The van der Waals surface area contributed by atoms with Crippen LogP contribution in [-0.4, -0.2) is 54.4 Å². The van der Waals surface area contributed by atoms with Crippen molar-refractivity contribution in [2.45, 2.75) is 25.1 Å². The number of nitrogens with zero attached hydrogens (tertiary/aromatic N) is 3. The van der Waals surface area contributed by atoms with Crippen molar-refractivity contribution in [3.8, 4) is 0 Å². The molecule has 0 radical (unpaired) electrons. The minimum Gasteiger partial charge on any atom is -0.369 e. The Labute approximate surface area is 159 Å². The first kappa shape index (κ1) is 18.9. The summed E-state index contributed by atoms with van der Waals surface area (Å²) >= 11 is 0. The highest BCUT2D eigenvalue weighted by atomic mass is 32.2. The number of H-pyrrole nitrogens is 1. The van der Waals surface area contributed by atoms with E-state index in [2.05, 4.69) is 19.7 Å². The van der Waals surface area contributed by atoms with Gasteiger partial charge in [-0.2, -0.15) is 13.2 Å². The van der Waals surface area contributed by atoms with Crippen molar-refractivity contribution in [2.24, 2.45) is 0 Å². The summed E-state index contributed by atoms with van der Waals surface area (Å²) in [5.74, 6) is -1.87.